The number of hydrogen-bond donors (Lipinski definition) is 1. The highest BCUT2D eigenvalue weighted by molar-refractivity contribution is 5.17. The standard InChI is InChI=1S/C12H18N2O3/c1-9-3-2-4-10(9)7-13-8-11-5-6-12(17-11)14(15)16/h5-6,9-10,13H,2-4,7-8H2,1H3. The maximum absolute atomic E-state index is 10.4. The van der Waals surface area contributed by atoms with E-state index in [1.54, 1.807) is 6.07 Å². The number of rotatable bonds is 5. The van der Waals surface area contributed by atoms with Crippen LogP contribution in [0.2, 0.25) is 0 Å². The van der Waals surface area contributed by atoms with Crippen LogP contribution in [0.5, 0.6) is 0 Å². The topological polar surface area (TPSA) is 68.3 Å². The predicted molar refractivity (Wildman–Crippen MR) is 63.6 cm³/mol. The summed E-state index contributed by atoms with van der Waals surface area (Å²) in [6.07, 6.45) is 3.92. The average Bonchev–Trinajstić information content (AvgIpc) is 2.89. The third-order valence-electron chi connectivity index (χ3n) is 3.57. The zero-order valence-corrected chi connectivity index (χ0v) is 10.0. The Bertz CT molecular complexity index is 389. The van der Waals surface area contributed by atoms with Crippen molar-refractivity contribution in [3.63, 3.8) is 0 Å². The van der Waals surface area contributed by atoms with Gasteiger partial charge in [0.05, 0.1) is 12.6 Å². The lowest BCUT2D eigenvalue weighted by Crippen LogP contribution is -2.23. The molecule has 94 valence electrons. The summed E-state index contributed by atoms with van der Waals surface area (Å²) in [5.41, 5.74) is 0. The Morgan fingerprint density at radius 1 is 1.53 bits per heavy atom. The van der Waals surface area contributed by atoms with Crippen molar-refractivity contribution >= 4 is 5.88 Å². The Morgan fingerprint density at radius 2 is 2.35 bits per heavy atom. The second-order valence-electron chi connectivity index (χ2n) is 4.80. The van der Waals surface area contributed by atoms with E-state index in [2.05, 4.69) is 12.2 Å². The molecule has 0 spiro atoms. The van der Waals surface area contributed by atoms with Gasteiger partial charge >= 0.3 is 5.88 Å². The van der Waals surface area contributed by atoms with E-state index in [0.29, 0.717) is 12.3 Å². The van der Waals surface area contributed by atoms with Crippen LogP contribution in [0.3, 0.4) is 0 Å². The molecule has 5 nitrogen and oxygen atoms in total. The first-order chi connectivity index (χ1) is 8.16. The monoisotopic (exact) mass is 238 g/mol. The molecule has 1 aromatic rings. The number of nitrogens with one attached hydrogen (secondary N) is 1. The third-order valence-corrected chi connectivity index (χ3v) is 3.57. The van der Waals surface area contributed by atoms with E-state index < -0.39 is 4.92 Å². The van der Waals surface area contributed by atoms with Crippen LogP contribution in [-0.2, 0) is 6.54 Å². The summed E-state index contributed by atoms with van der Waals surface area (Å²) in [4.78, 5) is 9.92. The van der Waals surface area contributed by atoms with Gasteiger partial charge in [-0.1, -0.05) is 19.8 Å². The maximum Gasteiger partial charge on any atom is 0.433 e. The molecule has 2 unspecified atom stereocenters. The summed E-state index contributed by atoms with van der Waals surface area (Å²) < 4.78 is 5.08. The minimum absolute atomic E-state index is 0.184. The van der Waals surface area contributed by atoms with E-state index in [9.17, 15) is 10.1 Å². The molecule has 2 rings (SSSR count). The zero-order valence-electron chi connectivity index (χ0n) is 10.0. The molecule has 1 aromatic heterocycles. The molecule has 0 aromatic carbocycles. The molecule has 5 heteroatoms. The van der Waals surface area contributed by atoms with Crippen LogP contribution in [-0.4, -0.2) is 11.5 Å². The quantitative estimate of drug-likeness (QED) is 0.632. The van der Waals surface area contributed by atoms with Gasteiger partial charge in [0.25, 0.3) is 0 Å². The molecule has 1 fully saturated rings. The van der Waals surface area contributed by atoms with E-state index >= 15 is 0 Å². The Kier molecular flexibility index (Phi) is 3.78. The van der Waals surface area contributed by atoms with Gasteiger partial charge in [-0.15, -0.1) is 0 Å². The summed E-state index contributed by atoms with van der Waals surface area (Å²) in [7, 11) is 0. The minimum atomic E-state index is -0.511. The molecule has 1 aliphatic rings. The van der Waals surface area contributed by atoms with E-state index in [4.69, 9.17) is 4.42 Å². The van der Waals surface area contributed by atoms with Gasteiger partial charge in [-0.2, -0.15) is 0 Å². The molecule has 0 radical (unpaired) electrons. The van der Waals surface area contributed by atoms with Gasteiger partial charge in [0.1, 0.15) is 10.7 Å². The molecular formula is C12H18N2O3. The molecule has 0 bridgehead atoms. The summed E-state index contributed by atoms with van der Waals surface area (Å²) in [5.74, 6) is 1.96. The van der Waals surface area contributed by atoms with Crippen LogP contribution in [0.4, 0.5) is 5.88 Å². The first kappa shape index (κ1) is 12.1. The molecular weight excluding hydrogens is 220 g/mol. The van der Waals surface area contributed by atoms with Gasteiger partial charge in [0.15, 0.2) is 0 Å². The van der Waals surface area contributed by atoms with Crippen molar-refractivity contribution in [2.75, 3.05) is 6.54 Å². The highest BCUT2D eigenvalue weighted by Crippen LogP contribution is 2.30. The molecule has 1 heterocycles. The van der Waals surface area contributed by atoms with Crippen LogP contribution in [0.15, 0.2) is 16.5 Å². The van der Waals surface area contributed by atoms with Gasteiger partial charge in [0.2, 0.25) is 0 Å². The van der Waals surface area contributed by atoms with E-state index in [-0.39, 0.29) is 5.88 Å². The SMILES string of the molecule is CC1CCCC1CNCc1ccc([N+](=O)[O-])o1. The zero-order chi connectivity index (χ0) is 12.3. The van der Waals surface area contributed by atoms with Gasteiger partial charge < -0.3 is 9.73 Å². The summed E-state index contributed by atoms with van der Waals surface area (Å²) in [5, 5.41) is 13.7. The summed E-state index contributed by atoms with van der Waals surface area (Å²) >= 11 is 0. The lowest BCUT2D eigenvalue weighted by molar-refractivity contribution is -0.402. The summed E-state index contributed by atoms with van der Waals surface area (Å²) in [6, 6.07) is 3.05. The Balaban J connectivity index is 1.76. The van der Waals surface area contributed by atoms with Crippen LogP contribution in [0.1, 0.15) is 31.9 Å². The normalized spacial score (nSPS) is 24.1. The van der Waals surface area contributed by atoms with Crippen LogP contribution in [0.25, 0.3) is 0 Å². The first-order valence-electron chi connectivity index (χ1n) is 6.10. The first-order valence-corrected chi connectivity index (χ1v) is 6.10. The average molecular weight is 238 g/mol. The highest BCUT2D eigenvalue weighted by atomic mass is 16.6. The fourth-order valence-electron chi connectivity index (χ4n) is 2.47. The van der Waals surface area contributed by atoms with Crippen LogP contribution < -0.4 is 5.32 Å². The molecule has 1 N–H and O–H groups in total. The van der Waals surface area contributed by atoms with E-state index in [0.717, 1.165) is 18.4 Å². The second kappa shape index (κ2) is 5.31. The third kappa shape index (κ3) is 3.06. The molecule has 1 aliphatic carbocycles. The van der Waals surface area contributed by atoms with Crippen molar-refractivity contribution in [1.29, 1.82) is 0 Å². The lowest BCUT2D eigenvalue weighted by Gasteiger charge is -2.15. The van der Waals surface area contributed by atoms with Gasteiger partial charge in [-0.25, -0.2) is 0 Å². The van der Waals surface area contributed by atoms with Gasteiger partial charge in [-0.05, 0) is 30.9 Å². The van der Waals surface area contributed by atoms with Crippen molar-refractivity contribution in [3.05, 3.63) is 28.0 Å². The minimum Gasteiger partial charge on any atom is -0.404 e. The number of nitrogens with zero attached hydrogens (tertiary/aromatic N) is 1. The second-order valence-corrected chi connectivity index (χ2v) is 4.80. The fourth-order valence-corrected chi connectivity index (χ4v) is 2.47. The largest absolute Gasteiger partial charge is 0.433 e. The van der Waals surface area contributed by atoms with Gasteiger partial charge in [-0.3, -0.25) is 10.1 Å². The Labute approximate surface area is 100 Å². The van der Waals surface area contributed by atoms with Crippen molar-refractivity contribution in [3.8, 4) is 0 Å². The van der Waals surface area contributed by atoms with Crippen molar-refractivity contribution in [1.82, 2.24) is 5.32 Å². The number of nitro groups is 1. The number of furan rings is 1. The van der Waals surface area contributed by atoms with E-state index in [1.807, 2.05) is 0 Å². The molecule has 0 aliphatic heterocycles. The number of hydrogen-bond acceptors (Lipinski definition) is 4. The molecule has 0 saturated heterocycles. The molecule has 17 heavy (non-hydrogen) atoms. The Morgan fingerprint density at radius 3 is 2.94 bits per heavy atom. The fraction of sp³-hybridized carbons (Fsp3) is 0.667. The molecule has 0 amide bonds. The van der Waals surface area contributed by atoms with Crippen molar-refractivity contribution in [2.45, 2.75) is 32.7 Å². The molecule has 1 saturated carbocycles. The predicted octanol–water partition coefficient (Wildman–Crippen LogP) is 2.71. The Hall–Kier alpha value is -1.36. The molecule has 2 atom stereocenters. The van der Waals surface area contributed by atoms with Crippen molar-refractivity contribution < 1.29 is 9.34 Å². The smallest absolute Gasteiger partial charge is 0.404 e. The maximum atomic E-state index is 10.4. The highest BCUT2D eigenvalue weighted by Gasteiger charge is 2.22. The van der Waals surface area contributed by atoms with Crippen LogP contribution in [0, 0.1) is 22.0 Å². The van der Waals surface area contributed by atoms with E-state index in [1.165, 1.54) is 25.3 Å². The van der Waals surface area contributed by atoms with Crippen LogP contribution >= 0.6 is 0 Å². The summed E-state index contributed by atoms with van der Waals surface area (Å²) in [6.45, 7) is 3.82. The lowest BCUT2D eigenvalue weighted by atomic mass is 9.98. The van der Waals surface area contributed by atoms with Gasteiger partial charge in [0, 0.05) is 0 Å². The van der Waals surface area contributed by atoms with Crippen molar-refractivity contribution in [2.24, 2.45) is 11.8 Å².